The number of pyridine rings is 1. The molecule has 7 aromatic rings. The van der Waals surface area contributed by atoms with Crippen molar-refractivity contribution in [3.63, 3.8) is 0 Å². The molecule has 58 heavy (non-hydrogen) atoms. The lowest BCUT2D eigenvalue weighted by Gasteiger charge is -2.20. The van der Waals surface area contributed by atoms with Crippen LogP contribution in [-0.4, -0.2) is 86.0 Å². The van der Waals surface area contributed by atoms with Crippen molar-refractivity contribution < 1.29 is 14.3 Å². The Labute approximate surface area is 339 Å². The van der Waals surface area contributed by atoms with Crippen molar-refractivity contribution in [3.05, 3.63) is 78.7 Å². The number of hydrogen-bond donors (Lipinski definition) is 3. The Morgan fingerprint density at radius 2 is 1.53 bits per heavy atom. The van der Waals surface area contributed by atoms with Gasteiger partial charge in [-0.1, -0.05) is 25.7 Å². The third-order valence-electron chi connectivity index (χ3n) is 9.58. The van der Waals surface area contributed by atoms with Gasteiger partial charge in [0.05, 0.1) is 35.4 Å². The molecule has 0 radical (unpaired) electrons. The van der Waals surface area contributed by atoms with E-state index in [1.165, 1.54) is 12.1 Å². The minimum Gasteiger partial charge on any atom is -0.361 e. The number of aromatic nitrogens is 10. The van der Waals surface area contributed by atoms with E-state index >= 15 is 0 Å². The van der Waals surface area contributed by atoms with Gasteiger partial charge in [-0.3, -0.25) is 9.59 Å². The Bertz CT molecular complexity index is 2600. The van der Waals surface area contributed by atoms with Gasteiger partial charge in [0.2, 0.25) is 0 Å². The van der Waals surface area contributed by atoms with Crippen LogP contribution in [0.1, 0.15) is 80.8 Å². The Hall–Kier alpha value is -5.74. The van der Waals surface area contributed by atoms with Crippen LogP contribution in [0.2, 0.25) is 25.7 Å². The van der Waals surface area contributed by atoms with E-state index in [1.54, 1.807) is 31.1 Å². The number of H-pyrrole nitrogens is 1. The molecule has 0 bridgehead atoms. The molecule has 0 aromatic carbocycles. The Morgan fingerprint density at radius 3 is 2.28 bits per heavy atom. The zero-order valence-corrected chi connectivity index (χ0v) is 36.0. The number of imidazole rings is 2. The summed E-state index contributed by atoms with van der Waals surface area (Å²) >= 11 is 0. The summed E-state index contributed by atoms with van der Waals surface area (Å²) in [5.41, 5.74) is 7.73. The molecule has 1 aliphatic rings. The lowest BCUT2D eigenvalue weighted by molar-refractivity contribution is 0.0884. The Kier molecular flexibility index (Phi) is 11.1. The Morgan fingerprint density at radius 1 is 0.845 bits per heavy atom. The van der Waals surface area contributed by atoms with Crippen molar-refractivity contribution in [2.45, 2.75) is 111 Å². The molecule has 304 valence electrons. The van der Waals surface area contributed by atoms with Gasteiger partial charge in [0.25, 0.3) is 11.8 Å². The molecule has 3 N–H and O–H groups in total. The number of carbonyl (C=O) groups excluding carboxylic acids is 2. The smallest absolute Gasteiger partial charge is 0.255 e. The summed E-state index contributed by atoms with van der Waals surface area (Å²) in [6.45, 7) is 20.7. The van der Waals surface area contributed by atoms with Crippen molar-refractivity contribution in [2.75, 3.05) is 6.61 Å². The van der Waals surface area contributed by atoms with Crippen molar-refractivity contribution in [1.82, 2.24) is 59.1 Å². The van der Waals surface area contributed by atoms with E-state index in [4.69, 9.17) is 14.7 Å². The molecule has 1 aliphatic heterocycles. The van der Waals surface area contributed by atoms with Gasteiger partial charge in [-0.05, 0) is 79.0 Å². The summed E-state index contributed by atoms with van der Waals surface area (Å²) in [6, 6.07) is 6.97. The summed E-state index contributed by atoms with van der Waals surface area (Å²) in [4.78, 5) is 56.4. The minimum absolute atomic E-state index is 0.155. The number of carbonyl (C=O) groups is 2. The second-order valence-corrected chi connectivity index (χ2v) is 23.7. The Balaban J connectivity index is 0.000000183. The monoisotopic (exact) mass is 802 g/mol. The number of amides is 2. The summed E-state index contributed by atoms with van der Waals surface area (Å²) in [5, 5.41) is 6.01. The molecular weight excluding hydrogens is 749 g/mol. The van der Waals surface area contributed by atoms with Crippen molar-refractivity contribution in [2.24, 2.45) is 0 Å². The van der Waals surface area contributed by atoms with Gasteiger partial charge in [0.15, 0.2) is 11.3 Å². The fourth-order valence-corrected chi connectivity index (χ4v) is 7.51. The first-order valence-electron chi connectivity index (χ1n) is 19.8. The lowest BCUT2D eigenvalue weighted by atomic mass is 10.1. The molecule has 0 aliphatic carbocycles. The number of fused-ring (bicyclic) bond motifs is 4. The number of hydrogen-bond acceptors (Lipinski definition) is 9. The lowest BCUT2D eigenvalue weighted by Crippen LogP contribution is -2.40. The normalized spacial score (nSPS) is 13.4. The minimum atomic E-state index is -1.18. The highest BCUT2D eigenvalue weighted by Crippen LogP contribution is 2.28. The van der Waals surface area contributed by atoms with Crippen LogP contribution < -0.4 is 10.6 Å². The first kappa shape index (κ1) is 40.5. The van der Waals surface area contributed by atoms with Crippen LogP contribution in [0.5, 0.6) is 0 Å². The summed E-state index contributed by atoms with van der Waals surface area (Å²) < 4.78 is 11.9. The molecule has 8 rings (SSSR count). The van der Waals surface area contributed by atoms with Crippen molar-refractivity contribution >= 4 is 47.7 Å². The zero-order valence-electron chi connectivity index (χ0n) is 35.0. The van der Waals surface area contributed by atoms with Gasteiger partial charge in [-0.2, -0.15) is 0 Å². The highest BCUT2D eigenvalue weighted by atomic mass is 28.3. The fraction of sp³-hybridized carbons (Fsp3) is 0.429. The molecule has 0 saturated carbocycles. The van der Waals surface area contributed by atoms with E-state index in [-0.39, 0.29) is 22.9 Å². The highest BCUT2D eigenvalue weighted by Gasteiger charge is 2.25. The average molecular weight is 803 g/mol. The van der Waals surface area contributed by atoms with Gasteiger partial charge in [0.1, 0.15) is 46.9 Å². The average Bonchev–Trinajstić information content (AvgIpc) is 3.95. The number of nitrogens with one attached hydrogen (secondary N) is 3. The van der Waals surface area contributed by atoms with E-state index in [0.717, 1.165) is 42.3 Å². The van der Waals surface area contributed by atoms with Gasteiger partial charge >= 0.3 is 0 Å². The largest absolute Gasteiger partial charge is 0.361 e. The number of aryl methyl sites for hydroxylation is 1. The molecule has 15 nitrogen and oxygen atoms in total. The van der Waals surface area contributed by atoms with E-state index in [9.17, 15) is 9.59 Å². The van der Waals surface area contributed by atoms with Crippen LogP contribution >= 0.6 is 0 Å². The number of ether oxygens (including phenoxy) is 1. The maximum atomic E-state index is 13.1. The molecule has 2 amide bonds. The summed E-state index contributed by atoms with van der Waals surface area (Å²) in [5.74, 6) is -0.341. The number of rotatable bonds is 9. The van der Waals surface area contributed by atoms with Gasteiger partial charge < -0.3 is 33.9 Å². The molecule has 0 atom stereocenters. The highest BCUT2D eigenvalue weighted by molar-refractivity contribution is 6.76. The van der Waals surface area contributed by atoms with Crippen LogP contribution in [0.4, 0.5) is 0 Å². The van der Waals surface area contributed by atoms with Crippen LogP contribution in [-0.2, 0) is 24.4 Å². The van der Waals surface area contributed by atoms with Gasteiger partial charge in [-0.15, -0.1) is 0 Å². The van der Waals surface area contributed by atoms with Crippen molar-refractivity contribution in [3.8, 4) is 22.8 Å². The molecule has 16 heteroatoms. The van der Waals surface area contributed by atoms with E-state index in [0.29, 0.717) is 58.2 Å². The number of nitrogens with zero attached hydrogens (tertiary/aromatic N) is 9. The SMILES string of the molecule is CC(C)(C)NC(=O)c1c[nH]c2ncc(-c3ncn4c3CCCC4)nc12.CC(C)(C)NC(=O)c1cn(COCC[Si](C)(C)C)c2ncc(-c3ncn4ccccc34)nc12. The topological polar surface area (TPSA) is 175 Å². The predicted octanol–water partition coefficient (Wildman–Crippen LogP) is 7.27. The maximum Gasteiger partial charge on any atom is 0.255 e. The maximum absolute atomic E-state index is 13.1. The molecule has 8 heterocycles. The second kappa shape index (κ2) is 15.9. The van der Waals surface area contributed by atoms with Crippen LogP contribution in [0.25, 0.3) is 50.6 Å². The van der Waals surface area contributed by atoms with Gasteiger partial charge in [0, 0.05) is 56.6 Å². The summed E-state index contributed by atoms with van der Waals surface area (Å²) in [7, 11) is -1.18. The standard InChI is InChI=1S/C24H32N6O2Si.C18H22N6O/c1-24(2,3)28-23(31)17-14-30(16-32-11-12-33(4,5)6)22-20(17)27-18(13-25-22)21-19-9-7-8-10-29(19)15-26-21;1-18(2,3)23-17(25)11-8-19-16-14(11)22-12(9-20-16)15-13-6-4-5-7-24(13)10-21-15/h7-10,13-15H,11-12,16H2,1-6H3,(H,28,31);8-10H,4-7H2,1-3H3,(H,19,20)(H,23,25). The van der Waals surface area contributed by atoms with E-state index in [1.807, 2.05) is 81.2 Å². The quantitative estimate of drug-likeness (QED) is 0.100. The van der Waals surface area contributed by atoms with Crippen LogP contribution in [0.3, 0.4) is 0 Å². The third kappa shape index (κ3) is 9.18. The van der Waals surface area contributed by atoms with Crippen LogP contribution in [0, 0.1) is 0 Å². The first-order valence-corrected chi connectivity index (χ1v) is 23.5. The molecule has 0 saturated heterocycles. The van der Waals surface area contributed by atoms with Gasteiger partial charge in [-0.25, -0.2) is 29.9 Å². The predicted molar refractivity (Wildman–Crippen MR) is 228 cm³/mol. The van der Waals surface area contributed by atoms with Crippen molar-refractivity contribution in [1.29, 1.82) is 0 Å². The molecule has 0 spiro atoms. The number of aromatic amines is 1. The van der Waals surface area contributed by atoms with E-state index in [2.05, 4.69) is 59.8 Å². The fourth-order valence-electron chi connectivity index (χ4n) is 6.76. The summed E-state index contributed by atoms with van der Waals surface area (Å²) in [6.07, 6.45) is 15.8. The third-order valence-corrected chi connectivity index (χ3v) is 11.3. The molecule has 7 aromatic heterocycles. The molecule has 0 unspecified atom stereocenters. The first-order chi connectivity index (χ1) is 27.4. The van der Waals surface area contributed by atoms with Crippen LogP contribution in [0.15, 0.2) is 61.8 Å². The van der Waals surface area contributed by atoms with E-state index < -0.39 is 8.07 Å². The molecule has 0 fully saturated rings. The second-order valence-electron chi connectivity index (χ2n) is 18.1. The molecular formula is C42H54N12O3Si. The zero-order chi connectivity index (χ0) is 41.4.